The zero-order chi connectivity index (χ0) is 18.0. The van der Waals surface area contributed by atoms with E-state index >= 15 is 0 Å². The lowest BCUT2D eigenvalue weighted by Gasteiger charge is -2.37. The van der Waals surface area contributed by atoms with Crippen LogP contribution in [0.2, 0.25) is 0 Å². The lowest BCUT2D eigenvalue weighted by atomic mass is 9.67. The maximum atomic E-state index is 13.3. The van der Waals surface area contributed by atoms with Crippen molar-refractivity contribution >= 4 is 48.2 Å². The highest BCUT2D eigenvalue weighted by Crippen LogP contribution is 2.44. The third kappa shape index (κ3) is 4.81. The molecule has 1 aliphatic carbocycles. The molecule has 2 N–H and O–H groups in total. The summed E-state index contributed by atoms with van der Waals surface area (Å²) in [5.74, 6) is 3.20. The number of fused-ring (bicyclic) bond motifs is 1. The largest absolute Gasteiger partial charge is 0.325 e. The minimum absolute atomic E-state index is 0. The maximum absolute atomic E-state index is 13.3. The molecular formula is C21H33Cl2N3OS. The minimum Gasteiger partial charge on any atom is -0.325 e. The predicted octanol–water partition coefficient (Wildman–Crippen LogP) is 4.11. The normalized spacial score (nSPS) is 27.2. The van der Waals surface area contributed by atoms with Crippen molar-refractivity contribution in [3.05, 3.63) is 29.3 Å². The van der Waals surface area contributed by atoms with Crippen LogP contribution in [-0.4, -0.2) is 48.5 Å². The Morgan fingerprint density at radius 1 is 1.29 bits per heavy atom. The second-order valence-electron chi connectivity index (χ2n) is 8.16. The highest BCUT2D eigenvalue weighted by Gasteiger charge is 2.49. The van der Waals surface area contributed by atoms with Crippen LogP contribution in [0.4, 0.5) is 5.69 Å². The quantitative estimate of drug-likeness (QED) is 0.731. The van der Waals surface area contributed by atoms with E-state index in [0.29, 0.717) is 5.92 Å². The molecule has 2 atom stereocenters. The maximum Gasteiger partial charge on any atom is 0.232 e. The van der Waals surface area contributed by atoms with Crippen molar-refractivity contribution in [3.8, 4) is 0 Å². The van der Waals surface area contributed by atoms with E-state index in [2.05, 4.69) is 40.7 Å². The van der Waals surface area contributed by atoms with Crippen molar-refractivity contribution in [2.24, 2.45) is 11.3 Å². The second kappa shape index (κ2) is 10.5. The highest BCUT2D eigenvalue weighted by atomic mass is 35.5. The molecule has 0 unspecified atom stereocenters. The number of carbonyl (C=O) groups is 1. The third-order valence-electron chi connectivity index (χ3n) is 6.68. The summed E-state index contributed by atoms with van der Waals surface area (Å²) in [4.78, 5) is 15.8. The van der Waals surface area contributed by atoms with Crippen LogP contribution in [0.25, 0.3) is 0 Å². The molecule has 3 aliphatic rings. The van der Waals surface area contributed by atoms with E-state index in [9.17, 15) is 4.79 Å². The molecule has 3 fully saturated rings. The molecule has 1 saturated carbocycles. The Kier molecular flexibility index (Phi) is 8.96. The zero-order valence-electron chi connectivity index (χ0n) is 16.7. The Hall–Kier alpha value is -0.460. The van der Waals surface area contributed by atoms with E-state index in [-0.39, 0.29) is 36.1 Å². The Bertz CT molecular complexity index is 669. The summed E-state index contributed by atoms with van der Waals surface area (Å²) < 4.78 is 0. The highest BCUT2D eigenvalue weighted by molar-refractivity contribution is 7.99. The molecule has 0 radical (unpaired) electrons. The van der Waals surface area contributed by atoms with Gasteiger partial charge in [-0.25, -0.2) is 0 Å². The first-order valence-electron chi connectivity index (χ1n) is 10.1. The van der Waals surface area contributed by atoms with E-state index in [0.717, 1.165) is 44.8 Å². The second-order valence-corrected chi connectivity index (χ2v) is 9.39. The number of rotatable bonds is 4. The molecule has 7 heteroatoms. The fourth-order valence-corrected chi connectivity index (χ4v) is 5.91. The fraction of sp³-hybridized carbons (Fsp3) is 0.667. The number of amides is 1. The Labute approximate surface area is 185 Å². The molecule has 1 aromatic carbocycles. The lowest BCUT2D eigenvalue weighted by molar-refractivity contribution is -0.128. The molecule has 1 aromatic rings. The van der Waals surface area contributed by atoms with Gasteiger partial charge < -0.3 is 10.6 Å². The van der Waals surface area contributed by atoms with Gasteiger partial charge in [0, 0.05) is 43.4 Å². The number of anilines is 1. The van der Waals surface area contributed by atoms with Gasteiger partial charge in [0.1, 0.15) is 0 Å². The van der Waals surface area contributed by atoms with Gasteiger partial charge >= 0.3 is 0 Å². The molecule has 158 valence electrons. The van der Waals surface area contributed by atoms with Crippen LogP contribution < -0.4 is 10.6 Å². The molecular weight excluding hydrogens is 413 g/mol. The predicted molar refractivity (Wildman–Crippen MR) is 124 cm³/mol. The number of nitrogens with one attached hydrogen (secondary N) is 2. The van der Waals surface area contributed by atoms with Gasteiger partial charge in [-0.2, -0.15) is 11.8 Å². The van der Waals surface area contributed by atoms with Gasteiger partial charge in [-0.3, -0.25) is 9.69 Å². The van der Waals surface area contributed by atoms with Crippen molar-refractivity contribution in [3.63, 3.8) is 0 Å². The number of benzene rings is 1. The molecule has 0 spiro atoms. The van der Waals surface area contributed by atoms with Crippen molar-refractivity contribution in [1.29, 1.82) is 0 Å². The van der Waals surface area contributed by atoms with E-state index in [1.165, 1.54) is 41.9 Å². The van der Waals surface area contributed by atoms with Crippen LogP contribution in [0.5, 0.6) is 0 Å². The lowest BCUT2D eigenvalue weighted by Crippen LogP contribution is -2.44. The number of thioether (sulfide) groups is 1. The van der Waals surface area contributed by atoms with Crippen molar-refractivity contribution in [2.45, 2.75) is 39.2 Å². The van der Waals surface area contributed by atoms with Gasteiger partial charge in [0.05, 0.1) is 5.41 Å². The van der Waals surface area contributed by atoms with Crippen molar-refractivity contribution in [2.75, 3.05) is 43.0 Å². The van der Waals surface area contributed by atoms with Crippen LogP contribution in [0.15, 0.2) is 18.2 Å². The summed E-state index contributed by atoms with van der Waals surface area (Å²) in [6.07, 6.45) is 4.66. The molecule has 0 bridgehead atoms. The molecule has 1 amide bonds. The van der Waals surface area contributed by atoms with E-state index < -0.39 is 0 Å². The van der Waals surface area contributed by atoms with Gasteiger partial charge in [0.25, 0.3) is 0 Å². The summed E-state index contributed by atoms with van der Waals surface area (Å²) in [7, 11) is 0. The van der Waals surface area contributed by atoms with Crippen molar-refractivity contribution in [1.82, 2.24) is 10.2 Å². The SMILES string of the molecule is Cc1c(CN2CCSCC2)cccc1NC(=O)[C@@]12CCCC[C@H]1CNC2.Cl.Cl. The van der Waals surface area contributed by atoms with Crippen LogP contribution in [0, 0.1) is 18.3 Å². The number of nitrogens with zero attached hydrogens (tertiary/aromatic N) is 1. The van der Waals surface area contributed by atoms with Gasteiger partial charge in [-0.1, -0.05) is 25.0 Å². The van der Waals surface area contributed by atoms with Crippen LogP contribution in [0.1, 0.15) is 36.8 Å². The number of carbonyl (C=O) groups excluding carboxylic acids is 1. The smallest absolute Gasteiger partial charge is 0.232 e. The molecule has 2 saturated heterocycles. The molecule has 2 heterocycles. The molecule has 4 nitrogen and oxygen atoms in total. The Morgan fingerprint density at radius 3 is 2.86 bits per heavy atom. The van der Waals surface area contributed by atoms with E-state index in [4.69, 9.17) is 0 Å². The number of halogens is 2. The number of hydrogen-bond acceptors (Lipinski definition) is 4. The monoisotopic (exact) mass is 445 g/mol. The van der Waals surface area contributed by atoms with E-state index in [1.54, 1.807) is 0 Å². The Balaban J connectivity index is 0.00000140. The summed E-state index contributed by atoms with van der Waals surface area (Å²) in [5, 5.41) is 6.80. The molecule has 2 aliphatic heterocycles. The van der Waals surface area contributed by atoms with Gasteiger partial charge in [0.15, 0.2) is 0 Å². The number of hydrogen-bond donors (Lipinski definition) is 2. The summed E-state index contributed by atoms with van der Waals surface area (Å²) in [5.41, 5.74) is 3.39. The van der Waals surface area contributed by atoms with Crippen LogP contribution >= 0.6 is 36.6 Å². The average molecular weight is 446 g/mol. The first kappa shape index (κ1) is 23.8. The summed E-state index contributed by atoms with van der Waals surface area (Å²) >= 11 is 2.04. The first-order valence-corrected chi connectivity index (χ1v) is 11.3. The van der Waals surface area contributed by atoms with Crippen LogP contribution in [-0.2, 0) is 11.3 Å². The molecule has 4 rings (SSSR count). The van der Waals surface area contributed by atoms with Gasteiger partial charge in [0.2, 0.25) is 5.91 Å². The van der Waals surface area contributed by atoms with E-state index in [1.807, 2.05) is 11.8 Å². The van der Waals surface area contributed by atoms with Crippen LogP contribution in [0.3, 0.4) is 0 Å². The Morgan fingerprint density at radius 2 is 2.07 bits per heavy atom. The first-order chi connectivity index (χ1) is 12.7. The fourth-order valence-electron chi connectivity index (χ4n) is 4.93. The zero-order valence-corrected chi connectivity index (χ0v) is 19.1. The average Bonchev–Trinajstić information content (AvgIpc) is 3.11. The standard InChI is InChI=1S/C21H31N3OS.2ClH/c1-16-17(14-24-9-11-26-12-10-24)5-4-7-19(16)23-20(25)21-8-3-2-6-18(21)13-22-15-21;;/h4-5,7,18,22H,2-3,6,8-15H2,1H3,(H,23,25);2*1H/t18-,21+;;/m0../s1. The molecule has 0 aromatic heterocycles. The topological polar surface area (TPSA) is 44.4 Å². The minimum atomic E-state index is -0.190. The van der Waals surface area contributed by atoms with Crippen molar-refractivity contribution < 1.29 is 4.79 Å². The summed E-state index contributed by atoms with van der Waals surface area (Å²) in [6, 6.07) is 6.38. The molecule has 28 heavy (non-hydrogen) atoms. The third-order valence-corrected chi connectivity index (χ3v) is 7.62. The summed E-state index contributed by atoms with van der Waals surface area (Å²) in [6.45, 7) is 7.32. The van der Waals surface area contributed by atoms with Gasteiger partial charge in [-0.15, -0.1) is 24.8 Å². The van der Waals surface area contributed by atoms with Gasteiger partial charge in [-0.05, 0) is 49.4 Å².